The molecule has 0 N–H and O–H groups in total. The number of esters is 1. The van der Waals surface area contributed by atoms with Gasteiger partial charge in [0, 0.05) is 11.1 Å². The minimum absolute atomic E-state index is 0.183. The Kier molecular flexibility index (Phi) is 3.60. The first kappa shape index (κ1) is 12.6. The lowest BCUT2D eigenvalue weighted by Gasteiger charge is -2.13. The summed E-state index contributed by atoms with van der Waals surface area (Å²) in [6.07, 6.45) is 0.734. The van der Waals surface area contributed by atoms with Crippen molar-refractivity contribution in [2.24, 2.45) is 0 Å². The van der Waals surface area contributed by atoms with E-state index in [0.29, 0.717) is 0 Å². The van der Waals surface area contributed by atoms with Gasteiger partial charge in [-0.1, -0.05) is 19.1 Å². The van der Waals surface area contributed by atoms with E-state index in [9.17, 15) is 4.79 Å². The van der Waals surface area contributed by atoms with Crippen LogP contribution in [0.4, 0.5) is 0 Å². The molecule has 0 aliphatic heterocycles. The average molecular weight is 243 g/mol. The number of nitrogens with zero attached hydrogens (tertiary/aromatic N) is 1. The highest BCUT2D eigenvalue weighted by molar-refractivity contribution is 5.83. The second kappa shape index (κ2) is 5.17. The summed E-state index contributed by atoms with van der Waals surface area (Å²) in [6.45, 7) is 3.95. The first-order valence-electron chi connectivity index (χ1n) is 6.11. The van der Waals surface area contributed by atoms with Gasteiger partial charge in [0.05, 0.1) is 18.5 Å². The molecule has 1 atom stereocenters. The molecule has 2 aromatic rings. The second-order valence-corrected chi connectivity index (χ2v) is 4.39. The van der Waals surface area contributed by atoms with Gasteiger partial charge in [-0.3, -0.25) is 9.78 Å². The molecular weight excluding hydrogens is 226 g/mol. The van der Waals surface area contributed by atoms with Crippen molar-refractivity contribution in [3.63, 3.8) is 0 Å². The number of hydrogen-bond donors (Lipinski definition) is 0. The van der Waals surface area contributed by atoms with Gasteiger partial charge in [-0.15, -0.1) is 0 Å². The maximum Gasteiger partial charge on any atom is 0.313 e. The minimum Gasteiger partial charge on any atom is -0.469 e. The Labute approximate surface area is 107 Å². The molecule has 18 heavy (non-hydrogen) atoms. The highest BCUT2D eigenvalue weighted by atomic mass is 16.5. The fourth-order valence-electron chi connectivity index (χ4n) is 2.14. The van der Waals surface area contributed by atoms with Crippen LogP contribution in [0.5, 0.6) is 0 Å². The number of aryl methyl sites for hydroxylation is 1. The van der Waals surface area contributed by atoms with Crippen molar-refractivity contribution >= 4 is 16.9 Å². The van der Waals surface area contributed by atoms with Crippen LogP contribution >= 0.6 is 0 Å². The molecular formula is C15H17NO2. The molecule has 0 aliphatic carbocycles. The van der Waals surface area contributed by atoms with Crippen molar-refractivity contribution in [3.05, 3.63) is 41.6 Å². The molecule has 3 heteroatoms. The van der Waals surface area contributed by atoms with Gasteiger partial charge in [-0.05, 0) is 37.1 Å². The molecule has 0 saturated carbocycles. The number of benzene rings is 1. The van der Waals surface area contributed by atoms with Crippen LogP contribution in [0.15, 0.2) is 30.3 Å². The largest absolute Gasteiger partial charge is 0.469 e. The zero-order valence-corrected chi connectivity index (χ0v) is 10.9. The van der Waals surface area contributed by atoms with Gasteiger partial charge in [-0.2, -0.15) is 0 Å². The third kappa shape index (κ3) is 2.35. The summed E-state index contributed by atoms with van der Waals surface area (Å²) in [5.74, 6) is -0.377. The summed E-state index contributed by atoms with van der Waals surface area (Å²) < 4.78 is 4.83. The Balaban J connectivity index is 2.46. The van der Waals surface area contributed by atoms with Crippen LogP contribution in [0.2, 0.25) is 0 Å². The smallest absolute Gasteiger partial charge is 0.313 e. The predicted octanol–water partition coefficient (Wildman–Crippen LogP) is 3.21. The molecule has 0 bridgehead atoms. The molecule has 0 fully saturated rings. The van der Waals surface area contributed by atoms with Crippen molar-refractivity contribution in [3.8, 4) is 0 Å². The third-order valence-corrected chi connectivity index (χ3v) is 3.15. The molecule has 0 radical (unpaired) electrons. The van der Waals surface area contributed by atoms with Gasteiger partial charge < -0.3 is 4.74 Å². The number of ether oxygens (including phenoxy) is 1. The SMILES string of the molecule is CCC(C(=O)OC)c1ccc2nc(C)ccc2c1. The Morgan fingerprint density at radius 3 is 2.78 bits per heavy atom. The van der Waals surface area contributed by atoms with Crippen molar-refractivity contribution in [1.82, 2.24) is 4.98 Å². The Hall–Kier alpha value is -1.90. The van der Waals surface area contributed by atoms with E-state index >= 15 is 0 Å². The summed E-state index contributed by atoms with van der Waals surface area (Å²) in [6, 6.07) is 9.95. The summed E-state index contributed by atoms with van der Waals surface area (Å²) in [5, 5.41) is 1.06. The molecule has 1 unspecified atom stereocenters. The zero-order valence-electron chi connectivity index (χ0n) is 10.9. The highest BCUT2D eigenvalue weighted by Gasteiger charge is 2.19. The van der Waals surface area contributed by atoms with Crippen LogP contribution in [-0.4, -0.2) is 18.1 Å². The number of carbonyl (C=O) groups is 1. The fraction of sp³-hybridized carbons (Fsp3) is 0.333. The van der Waals surface area contributed by atoms with Crippen LogP contribution < -0.4 is 0 Å². The third-order valence-electron chi connectivity index (χ3n) is 3.15. The maximum absolute atomic E-state index is 11.7. The lowest BCUT2D eigenvalue weighted by molar-refractivity contribution is -0.142. The number of carbonyl (C=O) groups excluding carboxylic acids is 1. The van der Waals surface area contributed by atoms with Gasteiger partial charge in [0.25, 0.3) is 0 Å². The number of aromatic nitrogens is 1. The van der Waals surface area contributed by atoms with E-state index in [2.05, 4.69) is 4.98 Å². The molecule has 1 heterocycles. The molecule has 2 rings (SSSR count). The van der Waals surface area contributed by atoms with E-state index in [1.165, 1.54) is 7.11 Å². The molecule has 1 aromatic carbocycles. The number of pyridine rings is 1. The number of methoxy groups -OCH3 is 1. The van der Waals surface area contributed by atoms with E-state index in [4.69, 9.17) is 4.74 Å². The number of rotatable bonds is 3. The average Bonchev–Trinajstić information content (AvgIpc) is 2.39. The normalized spacial score (nSPS) is 12.4. The first-order chi connectivity index (χ1) is 8.65. The van der Waals surface area contributed by atoms with Gasteiger partial charge in [-0.25, -0.2) is 0 Å². The molecule has 0 aliphatic rings. The quantitative estimate of drug-likeness (QED) is 0.777. The Bertz CT molecular complexity index is 578. The summed E-state index contributed by atoms with van der Waals surface area (Å²) >= 11 is 0. The summed E-state index contributed by atoms with van der Waals surface area (Å²) in [4.78, 5) is 16.1. The molecule has 0 amide bonds. The standard InChI is InChI=1S/C15H17NO2/c1-4-13(15(17)18-3)11-7-8-14-12(9-11)6-5-10(2)16-14/h5-9,13H,4H2,1-3H3. The van der Waals surface area contributed by atoms with Crippen LogP contribution in [0.1, 0.15) is 30.5 Å². The zero-order chi connectivity index (χ0) is 13.1. The van der Waals surface area contributed by atoms with Crippen molar-refractivity contribution < 1.29 is 9.53 Å². The Morgan fingerprint density at radius 1 is 1.33 bits per heavy atom. The molecule has 1 aromatic heterocycles. The van der Waals surface area contributed by atoms with Crippen LogP contribution in [0, 0.1) is 6.92 Å². The monoisotopic (exact) mass is 243 g/mol. The molecule has 3 nitrogen and oxygen atoms in total. The van der Waals surface area contributed by atoms with Crippen molar-refractivity contribution in [1.29, 1.82) is 0 Å². The van der Waals surface area contributed by atoms with E-state index in [1.807, 2.05) is 44.2 Å². The van der Waals surface area contributed by atoms with Gasteiger partial charge in [0.15, 0.2) is 0 Å². The maximum atomic E-state index is 11.7. The predicted molar refractivity (Wildman–Crippen MR) is 71.5 cm³/mol. The summed E-state index contributed by atoms with van der Waals surface area (Å²) in [7, 11) is 1.43. The minimum atomic E-state index is -0.194. The summed E-state index contributed by atoms with van der Waals surface area (Å²) in [5.41, 5.74) is 2.94. The molecule has 0 spiro atoms. The van der Waals surface area contributed by atoms with E-state index in [-0.39, 0.29) is 11.9 Å². The van der Waals surface area contributed by atoms with Crippen molar-refractivity contribution in [2.75, 3.05) is 7.11 Å². The Morgan fingerprint density at radius 2 is 2.11 bits per heavy atom. The van der Waals surface area contributed by atoms with Gasteiger partial charge in [0.1, 0.15) is 0 Å². The topological polar surface area (TPSA) is 39.2 Å². The fourth-order valence-corrected chi connectivity index (χ4v) is 2.14. The second-order valence-electron chi connectivity index (χ2n) is 4.39. The lowest BCUT2D eigenvalue weighted by Crippen LogP contribution is -2.13. The molecule has 0 saturated heterocycles. The first-order valence-corrected chi connectivity index (χ1v) is 6.11. The van der Waals surface area contributed by atoms with E-state index in [0.717, 1.165) is 28.6 Å². The number of hydrogen-bond acceptors (Lipinski definition) is 3. The van der Waals surface area contributed by atoms with E-state index < -0.39 is 0 Å². The van der Waals surface area contributed by atoms with Crippen LogP contribution in [0.3, 0.4) is 0 Å². The van der Waals surface area contributed by atoms with Gasteiger partial charge >= 0.3 is 5.97 Å². The van der Waals surface area contributed by atoms with Crippen LogP contribution in [0.25, 0.3) is 10.9 Å². The molecule has 94 valence electrons. The highest BCUT2D eigenvalue weighted by Crippen LogP contribution is 2.24. The number of fused-ring (bicyclic) bond motifs is 1. The van der Waals surface area contributed by atoms with Gasteiger partial charge in [0.2, 0.25) is 0 Å². The lowest BCUT2D eigenvalue weighted by atomic mass is 9.95. The van der Waals surface area contributed by atoms with Crippen LogP contribution in [-0.2, 0) is 9.53 Å². The van der Waals surface area contributed by atoms with E-state index in [1.54, 1.807) is 0 Å². The van der Waals surface area contributed by atoms with Crippen molar-refractivity contribution in [2.45, 2.75) is 26.2 Å².